The first-order chi connectivity index (χ1) is 8.17. The van der Waals surface area contributed by atoms with Gasteiger partial charge in [-0.25, -0.2) is 4.79 Å². The molecule has 0 spiro atoms. The number of carbonyl (C=O) groups is 1. The van der Waals surface area contributed by atoms with Gasteiger partial charge in [0, 0.05) is 0 Å². The molecule has 0 saturated carbocycles. The number of esters is 1. The fraction of sp³-hybridized carbons (Fsp3) is 0.462. The Bertz CT molecular complexity index is 362. The number of rotatable bonds is 6. The minimum absolute atomic E-state index is 0.338. The molecule has 0 radical (unpaired) electrons. The molecule has 17 heavy (non-hydrogen) atoms. The minimum Gasteiger partial charge on any atom is -0.497 e. The Morgan fingerprint density at radius 2 is 2.18 bits per heavy atom. The van der Waals surface area contributed by atoms with Gasteiger partial charge < -0.3 is 14.2 Å². The molecule has 0 aliphatic carbocycles. The molecule has 0 heterocycles. The first-order valence-electron chi connectivity index (χ1n) is 5.58. The normalized spacial score (nSPS) is 11.9. The second kappa shape index (κ2) is 6.91. The monoisotopic (exact) mass is 238 g/mol. The van der Waals surface area contributed by atoms with E-state index in [1.807, 2.05) is 24.3 Å². The predicted octanol–water partition coefficient (Wildman–Crippen LogP) is 2.16. The summed E-state index contributed by atoms with van der Waals surface area (Å²) in [5, 5.41) is 0. The van der Waals surface area contributed by atoms with E-state index in [0.29, 0.717) is 13.2 Å². The van der Waals surface area contributed by atoms with E-state index < -0.39 is 6.10 Å². The lowest BCUT2D eigenvalue weighted by Gasteiger charge is -2.12. The number of hydrogen-bond donors (Lipinski definition) is 0. The fourth-order valence-corrected chi connectivity index (χ4v) is 1.31. The highest BCUT2D eigenvalue weighted by Gasteiger charge is 2.14. The first kappa shape index (κ1) is 13.5. The highest BCUT2D eigenvalue weighted by Crippen LogP contribution is 2.14. The molecule has 0 bridgehead atoms. The van der Waals surface area contributed by atoms with Gasteiger partial charge in [0.1, 0.15) is 5.75 Å². The third-order valence-electron chi connectivity index (χ3n) is 2.25. The maximum atomic E-state index is 11.3. The zero-order valence-electron chi connectivity index (χ0n) is 10.4. The van der Waals surface area contributed by atoms with Gasteiger partial charge in [-0.15, -0.1) is 0 Å². The summed E-state index contributed by atoms with van der Waals surface area (Å²) in [5.74, 6) is 0.435. The average Bonchev–Trinajstić information content (AvgIpc) is 2.36. The summed E-state index contributed by atoms with van der Waals surface area (Å²) in [5.41, 5.74) is 0.959. The molecule has 0 aliphatic rings. The lowest BCUT2D eigenvalue weighted by atomic mass is 10.2. The molecule has 4 nitrogen and oxygen atoms in total. The van der Waals surface area contributed by atoms with Crippen molar-refractivity contribution in [3.05, 3.63) is 29.8 Å². The summed E-state index contributed by atoms with van der Waals surface area (Å²) in [4.78, 5) is 11.3. The number of hydrogen-bond acceptors (Lipinski definition) is 4. The van der Waals surface area contributed by atoms with Crippen molar-refractivity contribution in [1.82, 2.24) is 0 Å². The van der Waals surface area contributed by atoms with E-state index in [4.69, 9.17) is 14.2 Å². The van der Waals surface area contributed by atoms with Crippen molar-refractivity contribution in [3.8, 4) is 5.75 Å². The zero-order valence-corrected chi connectivity index (χ0v) is 10.4. The van der Waals surface area contributed by atoms with Crippen molar-refractivity contribution in [2.45, 2.75) is 26.6 Å². The molecule has 4 heteroatoms. The van der Waals surface area contributed by atoms with Gasteiger partial charge in [0.15, 0.2) is 6.10 Å². The molecule has 0 aliphatic heterocycles. The second-order valence-electron chi connectivity index (χ2n) is 3.56. The molecule has 1 atom stereocenters. The zero-order chi connectivity index (χ0) is 12.7. The molecule has 1 aromatic carbocycles. The van der Waals surface area contributed by atoms with Gasteiger partial charge in [0.2, 0.25) is 0 Å². The van der Waals surface area contributed by atoms with Gasteiger partial charge >= 0.3 is 5.97 Å². The molecule has 1 unspecified atom stereocenters. The molecule has 1 aromatic rings. The van der Waals surface area contributed by atoms with E-state index >= 15 is 0 Å². The lowest BCUT2D eigenvalue weighted by Crippen LogP contribution is -2.23. The highest BCUT2D eigenvalue weighted by molar-refractivity contribution is 5.74. The predicted molar refractivity (Wildman–Crippen MR) is 63.9 cm³/mol. The third-order valence-corrected chi connectivity index (χ3v) is 2.25. The van der Waals surface area contributed by atoms with Crippen LogP contribution in [0.25, 0.3) is 0 Å². The second-order valence-corrected chi connectivity index (χ2v) is 3.56. The number of methoxy groups -OCH3 is 1. The van der Waals surface area contributed by atoms with Gasteiger partial charge in [-0.1, -0.05) is 12.1 Å². The molecule has 0 N–H and O–H groups in total. The van der Waals surface area contributed by atoms with Crippen molar-refractivity contribution < 1.29 is 19.0 Å². The molecule has 0 aromatic heterocycles. The molecule has 0 saturated heterocycles. The van der Waals surface area contributed by atoms with Crippen LogP contribution in [-0.4, -0.2) is 25.8 Å². The average molecular weight is 238 g/mol. The Morgan fingerprint density at radius 3 is 2.82 bits per heavy atom. The Hall–Kier alpha value is -1.55. The molecule has 0 amide bonds. The SMILES string of the molecule is CCOC(=O)C(C)OCc1cccc(OC)c1. The van der Waals surface area contributed by atoms with E-state index in [9.17, 15) is 4.79 Å². The standard InChI is InChI=1S/C13H18O4/c1-4-16-13(14)10(2)17-9-11-6-5-7-12(8-11)15-3/h5-8,10H,4,9H2,1-3H3. The van der Waals surface area contributed by atoms with Crippen LogP contribution >= 0.6 is 0 Å². The lowest BCUT2D eigenvalue weighted by molar-refractivity contribution is -0.156. The Balaban J connectivity index is 2.46. The van der Waals surface area contributed by atoms with Crippen LogP contribution in [0.4, 0.5) is 0 Å². The molecule has 1 rings (SSSR count). The largest absolute Gasteiger partial charge is 0.497 e. The van der Waals surface area contributed by atoms with Crippen LogP contribution in [-0.2, 0) is 20.9 Å². The summed E-state index contributed by atoms with van der Waals surface area (Å²) >= 11 is 0. The number of benzene rings is 1. The van der Waals surface area contributed by atoms with Crippen LogP contribution in [0.5, 0.6) is 5.75 Å². The Labute approximate surface area is 101 Å². The minimum atomic E-state index is -0.554. The maximum absolute atomic E-state index is 11.3. The van der Waals surface area contributed by atoms with E-state index in [0.717, 1.165) is 11.3 Å². The van der Waals surface area contributed by atoms with Gasteiger partial charge in [0.05, 0.1) is 20.3 Å². The van der Waals surface area contributed by atoms with Crippen LogP contribution < -0.4 is 4.74 Å². The number of carbonyl (C=O) groups excluding carboxylic acids is 1. The molecule has 0 fully saturated rings. The summed E-state index contributed by atoms with van der Waals surface area (Å²) < 4.78 is 15.4. The smallest absolute Gasteiger partial charge is 0.334 e. The van der Waals surface area contributed by atoms with Crippen LogP contribution in [0, 0.1) is 0 Å². The Kier molecular flexibility index (Phi) is 5.49. The Morgan fingerprint density at radius 1 is 1.41 bits per heavy atom. The maximum Gasteiger partial charge on any atom is 0.334 e. The number of ether oxygens (including phenoxy) is 3. The summed E-state index contributed by atoms with van der Waals surface area (Å²) in [6.45, 7) is 4.17. The van der Waals surface area contributed by atoms with Crippen LogP contribution in [0.1, 0.15) is 19.4 Å². The molecular formula is C13H18O4. The van der Waals surface area contributed by atoms with Crippen molar-refractivity contribution >= 4 is 5.97 Å². The van der Waals surface area contributed by atoms with Crippen molar-refractivity contribution in [2.24, 2.45) is 0 Å². The molecular weight excluding hydrogens is 220 g/mol. The van der Waals surface area contributed by atoms with Crippen LogP contribution in [0.3, 0.4) is 0 Å². The van der Waals surface area contributed by atoms with Crippen molar-refractivity contribution in [3.63, 3.8) is 0 Å². The summed E-state index contributed by atoms with van der Waals surface area (Å²) in [7, 11) is 1.61. The highest BCUT2D eigenvalue weighted by atomic mass is 16.6. The fourth-order valence-electron chi connectivity index (χ4n) is 1.31. The van der Waals surface area contributed by atoms with Gasteiger partial charge in [-0.2, -0.15) is 0 Å². The summed E-state index contributed by atoms with van der Waals surface area (Å²) in [6, 6.07) is 7.53. The van der Waals surface area contributed by atoms with Crippen LogP contribution in [0.2, 0.25) is 0 Å². The van der Waals surface area contributed by atoms with Crippen molar-refractivity contribution in [1.29, 1.82) is 0 Å². The van der Waals surface area contributed by atoms with Gasteiger partial charge in [-0.05, 0) is 31.5 Å². The third kappa shape index (κ3) is 4.44. The first-order valence-corrected chi connectivity index (χ1v) is 5.58. The summed E-state index contributed by atoms with van der Waals surface area (Å²) in [6.07, 6.45) is -0.554. The van der Waals surface area contributed by atoms with Gasteiger partial charge in [-0.3, -0.25) is 0 Å². The quantitative estimate of drug-likeness (QED) is 0.712. The van der Waals surface area contributed by atoms with E-state index in [2.05, 4.69) is 0 Å². The molecule has 94 valence electrons. The van der Waals surface area contributed by atoms with Crippen molar-refractivity contribution in [2.75, 3.05) is 13.7 Å². The van der Waals surface area contributed by atoms with E-state index in [1.54, 1.807) is 21.0 Å². The topological polar surface area (TPSA) is 44.8 Å². The van der Waals surface area contributed by atoms with E-state index in [1.165, 1.54) is 0 Å². The van der Waals surface area contributed by atoms with Crippen LogP contribution in [0.15, 0.2) is 24.3 Å². The van der Waals surface area contributed by atoms with E-state index in [-0.39, 0.29) is 5.97 Å². The van der Waals surface area contributed by atoms with Gasteiger partial charge in [0.25, 0.3) is 0 Å².